The summed E-state index contributed by atoms with van der Waals surface area (Å²) in [5.41, 5.74) is 3.01. The molecule has 1 aromatic heterocycles. The average molecular weight is 441 g/mol. The van der Waals surface area contributed by atoms with Gasteiger partial charge in [-0.15, -0.1) is 0 Å². The highest BCUT2D eigenvalue weighted by Gasteiger charge is 2.32. The Morgan fingerprint density at radius 3 is 2.74 bits per heavy atom. The minimum Gasteiger partial charge on any atom is -0.495 e. The summed E-state index contributed by atoms with van der Waals surface area (Å²) in [4.78, 5) is 35.1. The number of ether oxygens (including phenoxy) is 1. The normalized spacial score (nSPS) is 20.4. The van der Waals surface area contributed by atoms with Crippen molar-refractivity contribution in [2.75, 3.05) is 43.9 Å². The molecule has 164 valence electrons. The van der Waals surface area contributed by atoms with Gasteiger partial charge in [-0.05, 0) is 37.8 Å². The van der Waals surface area contributed by atoms with Gasteiger partial charge in [0.15, 0.2) is 5.16 Å². The van der Waals surface area contributed by atoms with Crippen molar-refractivity contribution in [3.63, 3.8) is 0 Å². The Morgan fingerprint density at radius 2 is 1.94 bits per heavy atom. The lowest BCUT2D eigenvalue weighted by Gasteiger charge is -2.37. The van der Waals surface area contributed by atoms with E-state index in [0.717, 1.165) is 72.4 Å². The number of benzene rings is 1. The Labute approximate surface area is 186 Å². The van der Waals surface area contributed by atoms with Crippen molar-refractivity contribution in [3.05, 3.63) is 45.9 Å². The number of nitrogens with zero attached hydrogens (tertiary/aromatic N) is 4. The first-order chi connectivity index (χ1) is 15.2. The molecular weight excluding hydrogens is 412 g/mol. The lowest BCUT2D eigenvalue weighted by Crippen LogP contribution is -2.49. The zero-order valence-electron chi connectivity index (χ0n) is 17.9. The number of methoxy groups -OCH3 is 1. The maximum Gasteiger partial charge on any atom is 0.257 e. The summed E-state index contributed by atoms with van der Waals surface area (Å²) in [5, 5.41) is 0.796. The van der Waals surface area contributed by atoms with E-state index < -0.39 is 0 Å². The van der Waals surface area contributed by atoms with E-state index >= 15 is 0 Å². The number of aromatic nitrogens is 2. The fourth-order valence-corrected chi connectivity index (χ4v) is 6.04. The van der Waals surface area contributed by atoms with Crippen molar-refractivity contribution < 1.29 is 9.53 Å². The smallest absolute Gasteiger partial charge is 0.257 e. The lowest BCUT2D eigenvalue weighted by molar-refractivity contribution is -0.132. The van der Waals surface area contributed by atoms with Crippen LogP contribution in [0.5, 0.6) is 5.75 Å². The molecule has 0 spiro atoms. The third-order valence-electron chi connectivity index (χ3n) is 6.59. The number of fused-ring (bicyclic) bond motifs is 2. The van der Waals surface area contributed by atoms with Gasteiger partial charge in [-0.3, -0.25) is 14.2 Å². The monoisotopic (exact) mass is 440 g/mol. The van der Waals surface area contributed by atoms with Gasteiger partial charge < -0.3 is 14.5 Å². The van der Waals surface area contributed by atoms with Gasteiger partial charge in [-0.2, -0.15) is 0 Å². The molecular formula is C23H28N4O3S. The summed E-state index contributed by atoms with van der Waals surface area (Å²) in [6.45, 7) is 2.91. The summed E-state index contributed by atoms with van der Waals surface area (Å²) < 4.78 is 7.29. The number of hydrogen-bond acceptors (Lipinski definition) is 6. The Hall–Kier alpha value is -2.48. The number of carbonyl (C=O) groups is 1. The van der Waals surface area contributed by atoms with Crippen LogP contribution in [0.2, 0.25) is 0 Å². The first-order valence-electron chi connectivity index (χ1n) is 11.1. The van der Waals surface area contributed by atoms with Crippen LogP contribution in [0.25, 0.3) is 0 Å². The molecule has 1 saturated heterocycles. The lowest BCUT2D eigenvalue weighted by atomic mass is 9.97. The van der Waals surface area contributed by atoms with Gasteiger partial charge in [0.2, 0.25) is 5.91 Å². The number of amides is 1. The van der Waals surface area contributed by atoms with Crippen LogP contribution < -0.4 is 15.2 Å². The topological polar surface area (TPSA) is 67.7 Å². The van der Waals surface area contributed by atoms with Gasteiger partial charge >= 0.3 is 0 Å². The number of carbonyl (C=O) groups excluding carboxylic acids is 1. The third-order valence-corrected chi connectivity index (χ3v) is 7.69. The van der Waals surface area contributed by atoms with Gasteiger partial charge in [-0.1, -0.05) is 23.9 Å². The highest BCUT2D eigenvalue weighted by molar-refractivity contribution is 7.99. The SMILES string of the molecule is COc1ccccc1N1CCN(C(=O)C[C@@H]2CSc3nc4c(c(=O)n32)CCCC4)CC1. The number of para-hydroxylation sites is 2. The summed E-state index contributed by atoms with van der Waals surface area (Å²) in [5.74, 6) is 1.73. The number of piperazine rings is 1. The van der Waals surface area contributed by atoms with Crippen molar-refractivity contribution >= 4 is 23.4 Å². The summed E-state index contributed by atoms with van der Waals surface area (Å²) in [6.07, 6.45) is 4.25. The second-order valence-corrected chi connectivity index (χ2v) is 9.40. The van der Waals surface area contributed by atoms with Gasteiger partial charge in [0.1, 0.15) is 5.75 Å². The maximum atomic E-state index is 13.1. The quantitative estimate of drug-likeness (QED) is 0.681. The van der Waals surface area contributed by atoms with Crippen molar-refractivity contribution in [1.29, 1.82) is 0 Å². The third kappa shape index (κ3) is 3.82. The number of aryl methyl sites for hydroxylation is 1. The predicted molar refractivity (Wildman–Crippen MR) is 121 cm³/mol. The van der Waals surface area contributed by atoms with Gasteiger partial charge in [0.25, 0.3) is 5.56 Å². The molecule has 1 amide bonds. The summed E-state index contributed by atoms with van der Waals surface area (Å²) >= 11 is 1.61. The molecule has 1 fully saturated rings. The number of thioether (sulfide) groups is 1. The molecule has 0 N–H and O–H groups in total. The molecule has 2 aliphatic heterocycles. The zero-order valence-corrected chi connectivity index (χ0v) is 18.7. The highest BCUT2D eigenvalue weighted by Crippen LogP contribution is 2.34. The van der Waals surface area contributed by atoms with Crippen molar-refractivity contribution in [2.24, 2.45) is 0 Å². The fourth-order valence-electron chi connectivity index (χ4n) is 4.88. The van der Waals surface area contributed by atoms with E-state index in [9.17, 15) is 9.59 Å². The molecule has 3 heterocycles. The summed E-state index contributed by atoms with van der Waals surface area (Å²) in [7, 11) is 1.68. The first-order valence-corrected chi connectivity index (χ1v) is 12.1. The molecule has 0 bridgehead atoms. The van der Waals surface area contributed by atoms with E-state index in [1.54, 1.807) is 23.4 Å². The Balaban J connectivity index is 1.25. The van der Waals surface area contributed by atoms with E-state index in [-0.39, 0.29) is 17.5 Å². The van der Waals surface area contributed by atoms with E-state index in [2.05, 4.69) is 11.0 Å². The molecule has 1 atom stereocenters. The van der Waals surface area contributed by atoms with Crippen molar-refractivity contribution in [3.8, 4) is 5.75 Å². The van der Waals surface area contributed by atoms with Crippen LogP contribution in [-0.4, -0.2) is 59.4 Å². The second kappa shape index (κ2) is 8.57. The predicted octanol–water partition coefficient (Wildman–Crippen LogP) is 2.52. The molecule has 0 saturated carbocycles. The van der Waals surface area contributed by atoms with Gasteiger partial charge in [0.05, 0.1) is 24.5 Å². The molecule has 0 unspecified atom stereocenters. The van der Waals surface area contributed by atoms with E-state index in [4.69, 9.17) is 9.72 Å². The van der Waals surface area contributed by atoms with Gasteiger partial charge in [0, 0.05) is 43.9 Å². The molecule has 7 nitrogen and oxygen atoms in total. The largest absolute Gasteiger partial charge is 0.495 e. The molecule has 1 aliphatic carbocycles. The minimum absolute atomic E-state index is 0.0866. The van der Waals surface area contributed by atoms with Crippen LogP contribution in [-0.2, 0) is 17.6 Å². The van der Waals surface area contributed by atoms with Crippen LogP contribution in [0.1, 0.15) is 36.6 Å². The Kier molecular flexibility index (Phi) is 5.65. The van der Waals surface area contributed by atoms with Crippen molar-refractivity contribution in [1.82, 2.24) is 14.5 Å². The van der Waals surface area contributed by atoms with E-state index in [1.165, 1.54) is 0 Å². The van der Waals surface area contributed by atoms with E-state index in [1.807, 2.05) is 23.1 Å². The van der Waals surface area contributed by atoms with Crippen LogP contribution >= 0.6 is 11.8 Å². The fraction of sp³-hybridized carbons (Fsp3) is 0.522. The minimum atomic E-state index is -0.0908. The standard InChI is InChI=1S/C23H28N4O3S/c1-30-20-9-5-4-8-19(20)25-10-12-26(13-11-25)21(28)14-16-15-31-23-24-18-7-3-2-6-17(18)22(29)27(16)23/h4-5,8-9,16H,2-3,6-7,10-15H2,1H3/t16-/m1/s1. The number of hydrogen-bond donors (Lipinski definition) is 0. The van der Waals surface area contributed by atoms with Crippen molar-refractivity contribution in [2.45, 2.75) is 43.3 Å². The zero-order chi connectivity index (χ0) is 21.4. The Bertz CT molecular complexity index is 1050. The second-order valence-electron chi connectivity index (χ2n) is 8.41. The number of rotatable bonds is 4. The van der Waals surface area contributed by atoms with Crippen LogP contribution in [0.3, 0.4) is 0 Å². The molecule has 31 heavy (non-hydrogen) atoms. The molecule has 5 rings (SSSR count). The first kappa shape index (κ1) is 20.4. The van der Waals surface area contributed by atoms with Gasteiger partial charge in [-0.25, -0.2) is 4.98 Å². The summed E-state index contributed by atoms with van der Waals surface area (Å²) in [6, 6.07) is 7.91. The maximum absolute atomic E-state index is 13.1. The van der Waals surface area contributed by atoms with Crippen LogP contribution in [0, 0.1) is 0 Å². The molecule has 0 radical (unpaired) electrons. The molecule has 3 aliphatic rings. The molecule has 1 aromatic carbocycles. The highest BCUT2D eigenvalue weighted by atomic mass is 32.2. The Morgan fingerprint density at radius 1 is 1.16 bits per heavy atom. The molecule has 2 aromatic rings. The number of anilines is 1. The van der Waals surface area contributed by atoms with E-state index in [0.29, 0.717) is 19.5 Å². The molecule has 8 heteroatoms. The van der Waals surface area contributed by atoms with Crippen LogP contribution in [0.15, 0.2) is 34.2 Å². The average Bonchev–Trinajstić information content (AvgIpc) is 3.22. The van der Waals surface area contributed by atoms with Crippen LogP contribution in [0.4, 0.5) is 5.69 Å².